The molecule has 0 aliphatic rings. The van der Waals surface area contributed by atoms with E-state index in [1.807, 2.05) is 23.6 Å². The minimum Gasteiger partial charge on any atom is -0.338 e. The van der Waals surface area contributed by atoms with Gasteiger partial charge in [-0.2, -0.15) is 4.98 Å². The maximum Gasteiger partial charge on any atom is 0.237 e. The second kappa shape index (κ2) is 6.11. The molecule has 1 aromatic carbocycles. The normalized spacial score (nSPS) is 10.9. The number of benzene rings is 1. The monoisotopic (exact) mass is 366 g/mol. The third kappa shape index (κ3) is 3.13. The van der Waals surface area contributed by atoms with Crippen LogP contribution < -0.4 is 0 Å². The van der Waals surface area contributed by atoms with Gasteiger partial charge >= 0.3 is 0 Å². The zero-order chi connectivity index (χ0) is 13.9. The predicted molar refractivity (Wildman–Crippen MR) is 86.1 cm³/mol. The fraction of sp³-hybridized carbons (Fsp3) is 0.143. The number of aryl methyl sites for hydroxylation is 1. The Balaban J connectivity index is 1.70. The van der Waals surface area contributed by atoms with Crippen molar-refractivity contribution in [2.75, 3.05) is 0 Å². The van der Waals surface area contributed by atoms with Crippen LogP contribution in [0.15, 0.2) is 49.6 Å². The van der Waals surface area contributed by atoms with Crippen molar-refractivity contribution in [2.45, 2.75) is 17.6 Å². The smallest absolute Gasteiger partial charge is 0.237 e. The van der Waals surface area contributed by atoms with E-state index in [4.69, 9.17) is 4.52 Å². The highest BCUT2D eigenvalue weighted by molar-refractivity contribution is 9.10. The van der Waals surface area contributed by atoms with Crippen LogP contribution in [-0.2, 0) is 5.75 Å². The Morgan fingerprint density at radius 2 is 2.20 bits per heavy atom. The summed E-state index contributed by atoms with van der Waals surface area (Å²) in [5, 5.41) is 6.03. The summed E-state index contributed by atoms with van der Waals surface area (Å²) in [6.07, 6.45) is 0. The molecule has 0 fully saturated rings. The molecule has 102 valence electrons. The van der Waals surface area contributed by atoms with E-state index in [0.717, 1.165) is 9.35 Å². The maximum absolute atomic E-state index is 5.30. The second-order valence-corrected chi connectivity index (χ2v) is 7.04. The van der Waals surface area contributed by atoms with Crippen LogP contribution in [0, 0.1) is 6.92 Å². The lowest BCUT2D eigenvalue weighted by Crippen LogP contribution is -1.83. The summed E-state index contributed by atoms with van der Waals surface area (Å²) in [6, 6.07) is 10.3. The van der Waals surface area contributed by atoms with Crippen molar-refractivity contribution >= 4 is 39.0 Å². The average Bonchev–Trinajstić information content (AvgIpc) is 3.06. The lowest BCUT2D eigenvalue weighted by atomic mass is 10.2. The first-order chi connectivity index (χ1) is 9.72. The van der Waals surface area contributed by atoms with E-state index < -0.39 is 0 Å². The Bertz CT molecular complexity index is 723. The molecule has 0 unspecified atom stereocenters. The Morgan fingerprint density at radius 3 is 2.95 bits per heavy atom. The van der Waals surface area contributed by atoms with Crippen molar-refractivity contribution in [3.8, 4) is 10.7 Å². The maximum atomic E-state index is 5.30. The van der Waals surface area contributed by atoms with Crippen molar-refractivity contribution in [1.82, 2.24) is 10.1 Å². The Labute approximate surface area is 133 Å². The van der Waals surface area contributed by atoms with Gasteiger partial charge in [-0.05, 0) is 40.5 Å². The van der Waals surface area contributed by atoms with E-state index >= 15 is 0 Å². The number of aromatic nitrogens is 2. The van der Waals surface area contributed by atoms with Crippen LogP contribution >= 0.6 is 39.0 Å². The summed E-state index contributed by atoms with van der Waals surface area (Å²) < 4.78 is 6.34. The van der Waals surface area contributed by atoms with Crippen molar-refractivity contribution in [2.24, 2.45) is 0 Å². The zero-order valence-electron chi connectivity index (χ0n) is 10.7. The molecule has 0 radical (unpaired) electrons. The molecule has 2 aromatic heterocycles. The molecule has 3 rings (SSSR count). The fourth-order valence-electron chi connectivity index (χ4n) is 1.70. The number of thiophene rings is 1. The number of hydrogen-bond donors (Lipinski definition) is 0. The molecule has 0 spiro atoms. The number of thioether (sulfide) groups is 1. The molecule has 2 heterocycles. The van der Waals surface area contributed by atoms with Gasteiger partial charge < -0.3 is 4.52 Å². The lowest BCUT2D eigenvalue weighted by molar-refractivity contribution is 0.392. The lowest BCUT2D eigenvalue weighted by Gasteiger charge is -2.01. The first-order valence-electron chi connectivity index (χ1n) is 5.98. The molecular formula is C14H11BrN2OS2. The second-order valence-electron chi connectivity index (χ2n) is 4.20. The Kier molecular flexibility index (Phi) is 4.24. The minimum absolute atomic E-state index is 0.651. The van der Waals surface area contributed by atoms with Gasteiger partial charge in [-0.1, -0.05) is 23.4 Å². The van der Waals surface area contributed by atoms with Crippen molar-refractivity contribution in [3.63, 3.8) is 0 Å². The van der Waals surface area contributed by atoms with Crippen LogP contribution in [-0.4, -0.2) is 10.1 Å². The van der Waals surface area contributed by atoms with Crippen LogP contribution in [0.4, 0.5) is 0 Å². The summed E-state index contributed by atoms with van der Waals surface area (Å²) in [7, 11) is 0. The van der Waals surface area contributed by atoms with Crippen molar-refractivity contribution < 1.29 is 4.52 Å². The van der Waals surface area contributed by atoms with Crippen molar-refractivity contribution in [1.29, 1.82) is 0 Å². The third-order valence-corrected chi connectivity index (χ3v) is 5.55. The molecule has 0 saturated heterocycles. The van der Waals surface area contributed by atoms with Crippen LogP contribution in [0.3, 0.4) is 0 Å². The van der Waals surface area contributed by atoms with Gasteiger partial charge in [0.1, 0.15) is 0 Å². The molecule has 0 atom stereocenters. The van der Waals surface area contributed by atoms with Gasteiger partial charge in [0.15, 0.2) is 0 Å². The van der Waals surface area contributed by atoms with Gasteiger partial charge in [-0.15, -0.1) is 23.1 Å². The predicted octanol–water partition coefficient (Wildman–Crippen LogP) is 5.16. The zero-order valence-corrected chi connectivity index (χ0v) is 13.9. The summed E-state index contributed by atoms with van der Waals surface area (Å²) in [5.41, 5.74) is 1.26. The van der Waals surface area contributed by atoms with E-state index in [2.05, 4.69) is 45.1 Å². The standard InChI is InChI=1S/C14H11BrN2OS2/c1-9-4-2-3-5-11(9)20-8-13-16-14(17-18-13)12-6-10(15)7-19-12/h2-7H,8H2,1H3. The van der Waals surface area contributed by atoms with Gasteiger partial charge in [0.2, 0.25) is 11.7 Å². The highest BCUT2D eigenvalue weighted by Crippen LogP contribution is 2.29. The largest absolute Gasteiger partial charge is 0.338 e. The van der Waals surface area contributed by atoms with E-state index in [-0.39, 0.29) is 0 Å². The quantitative estimate of drug-likeness (QED) is 0.597. The van der Waals surface area contributed by atoms with Crippen LogP contribution in [0.5, 0.6) is 0 Å². The molecule has 3 nitrogen and oxygen atoms in total. The average molecular weight is 367 g/mol. The van der Waals surface area contributed by atoms with Gasteiger partial charge in [-0.25, -0.2) is 0 Å². The SMILES string of the molecule is Cc1ccccc1SCc1nc(-c2cc(Br)cs2)no1. The summed E-state index contributed by atoms with van der Waals surface area (Å²) in [5.74, 6) is 1.99. The molecule has 3 aromatic rings. The number of halogens is 1. The van der Waals surface area contributed by atoms with E-state index in [0.29, 0.717) is 17.5 Å². The molecule has 0 bridgehead atoms. The van der Waals surface area contributed by atoms with E-state index in [9.17, 15) is 0 Å². The van der Waals surface area contributed by atoms with E-state index in [1.165, 1.54) is 10.5 Å². The van der Waals surface area contributed by atoms with Crippen LogP contribution in [0.1, 0.15) is 11.5 Å². The van der Waals surface area contributed by atoms with Gasteiger partial charge in [-0.3, -0.25) is 0 Å². The summed E-state index contributed by atoms with van der Waals surface area (Å²) in [6.45, 7) is 2.10. The summed E-state index contributed by atoms with van der Waals surface area (Å²) >= 11 is 6.73. The molecule has 0 aliphatic heterocycles. The highest BCUT2D eigenvalue weighted by atomic mass is 79.9. The van der Waals surface area contributed by atoms with Crippen LogP contribution in [0.2, 0.25) is 0 Å². The van der Waals surface area contributed by atoms with Crippen LogP contribution in [0.25, 0.3) is 10.7 Å². The Hall–Kier alpha value is -1.11. The first-order valence-corrected chi connectivity index (χ1v) is 8.63. The van der Waals surface area contributed by atoms with Crippen molar-refractivity contribution in [3.05, 3.63) is 51.6 Å². The molecule has 20 heavy (non-hydrogen) atoms. The number of nitrogens with zero attached hydrogens (tertiary/aromatic N) is 2. The molecule has 0 saturated carbocycles. The third-order valence-electron chi connectivity index (χ3n) is 2.70. The topological polar surface area (TPSA) is 38.9 Å². The Morgan fingerprint density at radius 1 is 1.35 bits per heavy atom. The fourth-order valence-corrected chi connectivity index (χ4v) is 3.92. The minimum atomic E-state index is 0.651. The summed E-state index contributed by atoms with van der Waals surface area (Å²) in [4.78, 5) is 6.68. The number of rotatable bonds is 4. The van der Waals surface area contributed by atoms with Gasteiger partial charge in [0.05, 0.1) is 10.6 Å². The van der Waals surface area contributed by atoms with E-state index in [1.54, 1.807) is 23.1 Å². The van der Waals surface area contributed by atoms with Gasteiger partial charge in [0, 0.05) is 14.7 Å². The molecule has 0 amide bonds. The molecule has 0 N–H and O–H groups in total. The molecule has 6 heteroatoms. The highest BCUT2D eigenvalue weighted by Gasteiger charge is 2.11. The van der Waals surface area contributed by atoms with Gasteiger partial charge in [0.25, 0.3) is 0 Å². The molecule has 0 aliphatic carbocycles. The first kappa shape index (κ1) is 13.9. The molecular weight excluding hydrogens is 356 g/mol. The number of hydrogen-bond acceptors (Lipinski definition) is 5.